The molecule has 1 aromatic carbocycles. The molecule has 0 aliphatic heterocycles. The molecular formula is C16H18BrNS2. The summed E-state index contributed by atoms with van der Waals surface area (Å²) >= 11 is 7.22. The highest BCUT2D eigenvalue weighted by atomic mass is 79.9. The maximum atomic E-state index is 6.21. The SMILES string of the molecule is CC(N)C(Sc1ccc2c(c1)CCC2)c1ccc(Br)s1. The average Bonchev–Trinajstić information content (AvgIpc) is 3.03. The van der Waals surface area contributed by atoms with Gasteiger partial charge in [-0.2, -0.15) is 0 Å². The summed E-state index contributed by atoms with van der Waals surface area (Å²) in [4.78, 5) is 2.69. The molecule has 0 amide bonds. The molecule has 1 nitrogen and oxygen atoms in total. The summed E-state index contributed by atoms with van der Waals surface area (Å²) in [5.74, 6) is 0. The first kappa shape index (κ1) is 14.6. The minimum Gasteiger partial charge on any atom is -0.327 e. The van der Waals surface area contributed by atoms with Gasteiger partial charge >= 0.3 is 0 Å². The van der Waals surface area contributed by atoms with Crippen LogP contribution in [-0.4, -0.2) is 6.04 Å². The van der Waals surface area contributed by atoms with E-state index in [1.165, 1.54) is 43.9 Å². The van der Waals surface area contributed by atoms with E-state index in [0.717, 1.165) is 0 Å². The molecule has 1 aliphatic carbocycles. The highest BCUT2D eigenvalue weighted by Gasteiger charge is 2.20. The molecule has 0 fully saturated rings. The van der Waals surface area contributed by atoms with Crippen LogP contribution in [-0.2, 0) is 12.8 Å². The normalized spacial score (nSPS) is 16.9. The third kappa shape index (κ3) is 3.14. The van der Waals surface area contributed by atoms with Gasteiger partial charge in [0.15, 0.2) is 0 Å². The molecule has 1 aromatic heterocycles. The number of halogens is 1. The summed E-state index contributed by atoms with van der Waals surface area (Å²) in [7, 11) is 0. The van der Waals surface area contributed by atoms with Crippen molar-refractivity contribution in [1.82, 2.24) is 0 Å². The highest BCUT2D eigenvalue weighted by molar-refractivity contribution is 9.11. The van der Waals surface area contributed by atoms with Crippen molar-refractivity contribution in [2.75, 3.05) is 0 Å². The molecule has 0 saturated heterocycles. The maximum Gasteiger partial charge on any atom is 0.0701 e. The van der Waals surface area contributed by atoms with E-state index in [0.29, 0.717) is 5.25 Å². The largest absolute Gasteiger partial charge is 0.327 e. The number of hydrogen-bond acceptors (Lipinski definition) is 3. The van der Waals surface area contributed by atoms with Crippen molar-refractivity contribution in [2.45, 2.75) is 42.4 Å². The Morgan fingerprint density at radius 3 is 2.70 bits per heavy atom. The van der Waals surface area contributed by atoms with Crippen LogP contribution < -0.4 is 5.73 Å². The van der Waals surface area contributed by atoms with Gasteiger partial charge < -0.3 is 5.73 Å². The van der Waals surface area contributed by atoms with Gasteiger partial charge in [-0.15, -0.1) is 23.1 Å². The van der Waals surface area contributed by atoms with E-state index in [-0.39, 0.29) is 6.04 Å². The van der Waals surface area contributed by atoms with Crippen molar-refractivity contribution in [3.63, 3.8) is 0 Å². The van der Waals surface area contributed by atoms with Gasteiger partial charge in [0.05, 0.1) is 9.04 Å². The van der Waals surface area contributed by atoms with Gasteiger partial charge in [0.1, 0.15) is 0 Å². The Morgan fingerprint density at radius 1 is 1.20 bits per heavy atom. The van der Waals surface area contributed by atoms with E-state index < -0.39 is 0 Å². The van der Waals surface area contributed by atoms with Crippen molar-refractivity contribution in [2.24, 2.45) is 5.73 Å². The summed E-state index contributed by atoms with van der Waals surface area (Å²) in [6.07, 6.45) is 3.78. The molecule has 2 N–H and O–H groups in total. The summed E-state index contributed by atoms with van der Waals surface area (Å²) in [6, 6.07) is 11.4. The molecule has 1 heterocycles. The van der Waals surface area contributed by atoms with Crippen molar-refractivity contribution in [1.29, 1.82) is 0 Å². The Morgan fingerprint density at radius 2 is 2.00 bits per heavy atom. The number of nitrogens with two attached hydrogens (primary N) is 1. The second-order valence-corrected chi connectivity index (χ2v) is 9.03. The molecule has 106 valence electrons. The quantitative estimate of drug-likeness (QED) is 0.753. The van der Waals surface area contributed by atoms with Crippen LogP contribution in [0.5, 0.6) is 0 Å². The van der Waals surface area contributed by atoms with Crippen LogP contribution in [0.2, 0.25) is 0 Å². The zero-order valence-corrected chi connectivity index (χ0v) is 14.7. The van der Waals surface area contributed by atoms with Gasteiger partial charge in [-0.3, -0.25) is 0 Å². The Kier molecular flexibility index (Phi) is 4.55. The minimum absolute atomic E-state index is 0.138. The number of thioether (sulfide) groups is 1. The van der Waals surface area contributed by atoms with Crippen molar-refractivity contribution in [3.05, 3.63) is 50.1 Å². The van der Waals surface area contributed by atoms with Crippen LogP contribution in [0.4, 0.5) is 0 Å². The molecule has 2 unspecified atom stereocenters. The number of benzene rings is 1. The monoisotopic (exact) mass is 367 g/mol. The Hall–Kier alpha value is -0.290. The highest BCUT2D eigenvalue weighted by Crippen LogP contribution is 2.42. The van der Waals surface area contributed by atoms with Crippen molar-refractivity contribution >= 4 is 39.0 Å². The van der Waals surface area contributed by atoms with Crippen molar-refractivity contribution < 1.29 is 0 Å². The number of hydrogen-bond donors (Lipinski definition) is 1. The van der Waals surface area contributed by atoms with Crippen LogP contribution >= 0.6 is 39.0 Å². The molecule has 1 aliphatic rings. The van der Waals surface area contributed by atoms with Crippen molar-refractivity contribution in [3.8, 4) is 0 Å². The third-order valence-electron chi connectivity index (χ3n) is 3.68. The summed E-state index contributed by atoms with van der Waals surface area (Å²) in [6.45, 7) is 2.10. The first-order chi connectivity index (χ1) is 9.63. The lowest BCUT2D eigenvalue weighted by Gasteiger charge is -2.19. The van der Waals surface area contributed by atoms with Gasteiger partial charge in [-0.05, 0) is 77.5 Å². The molecule has 0 bridgehead atoms. The van der Waals surface area contributed by atoms with Crippen LogP contribution in [0.25, 0.3) is 0 Å². The maximum absolute atomic E-state index is 6.21. The summed E-state index contributed by atoms with van der Waals surface area (Å²) in [5.41, 5.74) is 9.28. The molecule has 2 aromatic rings. The van der Waals surface area contributed by atoms with Crippen LogP contribution in [0.15, 0.2) is 39.0 Å². The molecule has 20 heavy (non-hydrogen) atoms. The van der Waals surface area contributed by atoms with Gasteiger partial charge in [0, 0.05) is 15.8 Å². The smallest absolute Gasteiger partial charge is 0.0701 e. The zero-order chi connectivity index (χ0) is 14.1. The standard InChI is InChI=1S/C16H18BrNS2/c1-10(18)16(14-7-8-15(17)20-14)19-13-6-5-11-3-2-4-12(11)9-13/h5-10,16H,2-4,18H2,1H3. The van der Waals surface area contributed by atoms with Crippen LogP contribution in [0.3, 0.4) is 0 Å². The van der Waals surface area contributed by atoms with Gasteiger partial charge in [-0.25, -0.2) is 0 Å². The van der Waals surface area contributed by atoms with E-state index in [1.807, 2.05) is 11.8 Å². The van der Waals surface area contributed by atoms with Crippen LogP contribution in [0, 0.1) is 0 Å². The second kappa shape index (κ2) is 6.22. The molecular weight excluding hydrogens is 350 g/mol. The Bertz CT molecular complexity index is 606. The molecule has 3 rings (SSSR count). The lowest BCUT2D eigenvalue weighted by atomic mass is 10.1. The van der Waals surface area contributed by atoms with E-state index >= 15 is 0 Å². The summed E-state index contributed by atoms with van der Waals surface area (Å²) < 4.78 is 1.17. The molecule has 2 atom stereocenters. The second-order valence-electron chi connectivity index (χ2n) is 5.32. The first-order valence-corrected chi connectivity index (χ1v) is 9.41. The fraction of sp³-hybridized carbons (Fsp3) is 0.375. The predicted molar refractivity (Wildman–Crippen MR) is 92.7 cm³/mol. The Balaban J connectivity index is 1.83. The van der Waals surface area contributed by atoms with E-state index in [2.05, 4.69) is 53.2 Å². The van der Waals surface area contributed by atoms with E-state index in [9.17, 15) is 0 Å². The molecule has 4 heteroatoms. The fourth-order valence-electron chi connectivity index (χ4n) is 2.67. The topological polar surface area (TPSA) is 26.0 Å². The number of thiophene rings is 1. The van der Waals surface area contributed by atoms with Gasteiger partial charge in [-0.1, -0.05) is 6.07 Å². The zero-order valence-electron chi connectivity index (χ0n) is 11.4. The number of fused-ring (bicyclic) bond motifs is 1. The first-order valence-electron chi connectivity index (χ1n) is 6.93. The number of rotatable bonds is 4. The lowest BCUT2D eigenvalue weighted by Crippen LogP contribution is -2.21. The van der Waals surface area contributed by atoms with Crippen LogP contribution in [0.1, 0.15) is 34.6 Å². The average molecular weight is 368 g/mol. The van der Waals surface area contributed by atoms with Gasteiger partial charge in [0.2, 0.25) is 0 Å². The fourth-order valence-corrected chi connectivity index (χ4v) is 5.54. The van der Waals surface area contributed by atoms with Gasteiger partial charge in [0.25, 0.3) is 0 Å². The summed E-state index contributed by atoms with van der Waals surface area (Å²) in [5, 5.41) is 0.325. The molecule has 0 spiro atoms. The third-order valence-corrected chi connectivity index (χ3v) is 7.00. The minimum atomic E-state index is 0.138. The number of aryl methyl sites for hydroxylation is 2. The molecule has 0 saturated carbocycles. The lowest BCUT2D eigenvalue weighted by molar-refractivity contribution is 0.730. The van der Waals surface area contributed by atoms with E-state index in [4.69, 9.17) is 5.73 Å². The van der Waals surface area contributed by atoms with E-state index in [1.54, 1.807) is 11.3 Å². The Labute approximate surface area is 137 Å². The molecule has 0 radical (unpaired) electrons. The predicted octanol–water partition coefficient (Wildman–Crippen LogP) is 5.18.